The molecule has 5 heteroatoms. The Morgan fingerprint density at radius 1 is 1.36 bits per heavy atom. The predicted molar refractivity (Wildman–Crippen MR) is 53.5 cm³/mol. The number of hydrogen-bond donors (Lipinski definition) is 3. The molecule has 2 atom stereocenters. The summed E-state index contributed by atoms with van der Waals surface area (Å²) in [6, 6.07) is -1.24. The van der Waals surface area contributed by atoms with Crippen molar-refractivity contribution in [2.75, 3.05) is 7.05 Å². The van der Waals surface area contributed by atoms with Crippen LogP contribution in [0.5, 0.6) is 0 Å². The molecule has 0 aromatic carbocycles. The molecule has 0 aliphatic heterocycles. The summed E-state index contributed by atoms with van der Waals surface area (Å²) < 4.78 is 0. The van der Waals surface area contributed by atoms with E-state index in [4.69, 9.17) is 6.42 Å². The first kappa shape index (κ1) is 12.5. The Balaban J connectivity index is 4.01. The molecule has 0 saturated carbocycles. The minimum Gasteiger partial charge on any atom is -0.341 e. The van der Waals surface area contributed by atoms with Crippen LogP contribution >= 0.6 is 0 Å². The molecule has 0 saturated heterocycles. The third-order valence-corrected chi connectivity index (χ3v) is 1.61. The number of urea groups is 1. The number of imide groups is 1. The van der Waals surface area contributed by atoms with Crippen LogP contribution in [0.15, 0.2) is 0 Å². The van der Waals surface area contributed by atoms with Crippen LogP contribution in [-0.4, -0.2) is 31.1 Å². The largest absolute Gasteiger partial charge is 0.341 e. The first-order valence-electron chi connectivity index (χ1n) is 4.26. The summed E-state index contributed by atoms with van der Waals surface area (Å²) in [5.41, 5.74) is 0. The smallest absolute Gasteiger partial charge is 0.321 e. The van der Waals surface area contributed by atoms with Gasteiger partial charge in [-0.15, -0.1) is 6.42 Å². The Morgan fingerprint density at radius 2 is 1.93 bits per heavy atom. The number of nitrogens with one attached hydrogen (secondary N) is 3. The lowest BCUT2D eigenvalue weighted by Crippen LogP contribution is -2.49. The average molecular weight is 197 g/mol. The third-order valence-electron chi connectivity index (χ3n) is 1.61. The van der Waals surface area contributed by atoms with Crippen molar-refractivity contribution in [3.05, 3.63) is 0 Å². The topological polar surface area (TPSA) is 70.2 Å². The molecule has 0 aliphatic rings. The second-order valence-electron chi connectivity index (χ2n) is 2.85. The van der Waals surface area contributed by atoms with Gasteiger partial charge in [0.2, 0.25) is 5.91 Å². The Hall–Kier alpha value is -1.54. The highest BCUT2D eigenvalue weighted by molar-refractivity contribution is 5.96. The predicted octanol–water partition coefficient (Wildman–Crippen LogP) is -0.558. The van der Waals surface area contributed by atoms with Gasteiger partial charge in [-0.2, -0.15) is 0 Å². The molecular formula is C9H15N3O2. The molecule has 14 heavy (non-hydrogen) atoms. The van der Waals surface area contributed by atoms with Gasteiger partial charge >= 0.3 is 6.03 Å². The zero-order valence-electron chi connectivity index (χ0n) is 8.55. The fraction of sp³-hybridized carbons (Fsp3) is 0.556. The second-order valence-corrected chi connectivity index (χ2v) is 2.85. The SMILES string of the molecule is C#CC(C)NC(C)C(=O)NC(=O)NC. The van der Waals surface area contributed by atoms with E-state index >= 15 is 0 Å². The van der Waals surface area contributed by atoms with E-state index in [2.05, 4.69) is 21.9 Å². The third kappa shape index (κ3) is 4.48. The van der Waals surface area contributed by atoms with Gasteiger partial charge in [0.25, 0.3) is 0 Å². The fourth-order valence-electron chi connectivity index (χ4n) is 0.781. The van der Waals surface area contributed by atoms with Crippen LogP contribution < -0.4 is 16.0 Å². The van der Waals surface area contributed by atoms with Crippen LogP contribution in [0.25, 0.3) is 0 Å². The number of rotatable bonds is 3. The van der Waals surface area contributed by atoms with Crippen molar-refractivity contribution in [3.8, 4) is 12.3 Å². The number of terminal acetylenes is 1. The standard InChI is InChI=1S/C9H15N3O2/c1-5-6(2)11-7(3)8(13)12-9(14)10-4/h1,6-7,11H,2-4H3,(H2,10,12,13,14). The normalized spacial score (nSPS) is 13.6. The first-order chi connectivity index (χ1) is 6.51. The van der Waals surface area contributed by atoms with Crippen LogP contribution in [0.2, 0.25) is 0 Å². The Morgan fingerprint density at radius 3 is 2.36 bits per heavy atom. The maximum absolute atomic E-state index is 11.3. The summed E-state index contributed by atoms with van der Waals surface area (Å²) in [7, 11) is 1.44. The van der Waals surface area contributed by atoms with E-state index in [0.29, 0.717) is 0 Å². The van der Waals surface area contributed by atoms with Crippen molar-refractivity contribution in [3.63, 3.8) is 0 Å². The number of carbonyl (C=O) groups excluding carboxylic acids is 2. The van der Waals surface area contributed by atoms with E-state index in [1.54, 1.807) is 13.8 Å². The van der Waals surface area contributed by atoms with Crippen molar-refractivity contribution in [2.24, 2.45) is 0 Å². The summed E-state index contributed by atoms with van der Waals surface area (Å²) >= 11 is 0. The molecule has 0 aliphatic carbocycles. The molecule has 3 N–H and O–H groups in total. The molecule has 0 aromatic heterocycles. The van der Waals surface area contributed by atoms with Crippen molar-refractivity contribution in [2.45, 2.75) is 25.9 Å². The van der Waals surface area contributed by atoms with Gasteiger partial charge in [0.05, 0.1) is 12.1 Å². The van der Waals surface area contributed by atoms with Crippen LogP contribution in [0.3, 0.4) is 0 Å². The number of hydrogen-bond acceptors (Lipinski definition) is 3. The van der Waals surface area contributed by atoms with E-state index < -0.39 is 18.0 Å². The molecule has 0 heterocycles. The van der Waals surface area contributed by atoms with E-state index in [1.165, 1.54) is 7.05 Å². The molecule has 5 nitrogen and oxygen atoms in total. The summed E-state index contributed by atoms with van der Waals surface area (Å²) in [6.07, 6.45) is 5.12. The van der Waals surface area contributed by atoms with Crippen molar-refractivity contribution in [1.82, 2.24) is 16.0 Å². The Bertz CT molecular complexity index is 257. The van der Waals surface area contributed by atoms with Crippen molar-refractivity contribution >= 4 is 11.9 Å². The van der Waals surface area contributed by atoms with Crippen LogP contribution in [-0.2, 0) is 4.79 Å². The zero-order chi connectivity index (χ0) is 11.1. The van der Waals surface area contributed by atoms with Gasteiger partial charge in [0.1, 0.15) is 0 Å². The molecule has 0 aromatic rings. The van der Waals surface area contributed by atoms with Gasteiger partial charge in [-0.25, -0.2) is 4.79 Å². The highest BCUT2D eigenvalue weighted by Gasteiger charge is 2.15. The van der Waals surface area contributed by atoms with Gasteiger partial charge < -0.3 is 5.32 Å². The van der Waals surface area contributed by atoms with Crippen LogP contribution in [0, 0.1) is 12.3 Å². The van der Waals surface area contributed by atoms with Crippen molar-refractivity contribution < 1.29 is 9.59 Å². The first-order valence-corrected chi connectivity index (χ1v) is 4.26. The Labute approximate surface area is 83.6 Å². The van der Waals surface area contributed by atoms with E-state index in [1.807, 2.05) is 0 Å². The molecule has 0 spiro atoms. The minimum absolute atomic E-state index is 0.208. The van der Waals surface area contributed by atoms with Gasteiger partial charge in [-0.05, 0) is 13.8 Å². The minimum atomic E-state index is -0.531. The second kappa shape index (κ2) is 6.00. The molecule has 0 bridgehead atoms. The quantitative estimate of drug-likeness (QED) is 0.531. The summed E-state index contributed by atoms with van der Waals surface area (Å²) in [4.78, 5) is 22.0. The lowest BCUT2D eigenvalue weighted by molar-refractivity contribution is -0.121. The monoisotopic (exact) mass is 197 g/mol. The Kier molecular flexibility index (Phi) is 5.34. The van der Waals surface area contributed by atoms with Crippen LogP contribution in [0.4, 0.5) is 4.79 Å². The van der Waals surface area contributed by atoms with Crippen LogP contribution in [0.1, 0.15) is 13.8 Å². The summed E-state index contributed by atoms with van der Waals surface area (Å²) in [5, 5.41) is 7.25. The highest BCUT2D eigenvalue weighted by atomic mass is 16.2. The molecule has 0 radical (unpaired) electrons. The summed E-state index contributed by atoms with van der Waals surface area (Å²) in [6.45, 7) is 3.38. The number of carbonyl (C=O) groups is 2. The van der Waals surface area contributed by atoms with Gasteiger partial charge in [0.15, 0.2) is 0 Å². The average Bonchev–Trinajstić information content (AvgIpc) is 2.17. The zero-order valence-corrected chi connectivity index (χ0v) is 8.55. The fourth-order valence-corrected chi connectivity index (χ4v) is 0.781. The highest BCUT2D eigenvalue weighted by Crippen LogP contribution is 1.86. The van der Waals surface area contributed by atoms with Gasteiger partial charge in [-0.1, -0.05) is 5.92 Å². The molecular weight excluding hydrogens is 182 g/mol. The lowest BCUT2D eigenvalue weighted by atomic mass is 10.2. The molecule has 0 fully saturated rings. The maximum atomic E-state index is 11.3. The number of amides is 3. The molecule has 78 valence electrons. The molecule has 3 amide bonds. The maximum Gasteiger partial charge on any atom is 0.321 e. The van der Waals surface area contributed by atoms with E-state index in [9.17, 15) is 9.59 Å². The van der Waals surface area contributed by atoms with E-state index in [0.717, 1.165) is 0 Å². The molecule has 2 unspecified atom stereocenters. The van der Waals surface area contributed by atoms with Gasteiger partial charge in [0, 0.05) is 7.05 Å². The molecule has 0 rings (SSSR count). The lowest BCUT2D eigenvalue weighted by Gasteiger charge is -2.14. The summed E-state index contributed by atoms with van der Waals surface area (Å²) in [5.74, 6) is 2.02. The van der Waals surface area contributed by atoms with Crippen molar-refractivity contribution in [1.29, 1.82) is 0 Å². The van der Waals surface area contributed by atoms with E-state index in [-0.39, 0.29) is 6.04 Å². The van der Waals surface area contributed by atoms with Gasteiger partial charge in [-0.3, -0.25) is 15.4 Å².